The summed E-state index contributed by atoms with van der Waals surface area (Å²) in [7, 11) is 0. The summed E-state index contributed by atoms with van der Waals surface area (Å²) < 4.78 is 5.44. The molecule has 5 heteroatoms. The zero-order chi connectivity index (χ0) is 11.3. The Morgan fingerprint density at radius 1 is 1.73 bits per heavy atom. The van der Waals surface area contributed by atoms with Gasteiger partial charge in [0, 0.05) is 17.2 Å². The highest BCUT2D eigenvalue weighted by atomic mass is 32.1. The Labute approximate surface area is 94.0 Å². The van der Waals surface area contributed by atoms with Gasteiger partial charge in [0.1, 0.15) is 0 Å². The predicted molar refractivity (Wildman–Crippen MR) is 62.5 cm³/mol. The maximum Gasteiger partial charge on any atom is 0.0957 e. The molecule has 0 spiro atoms. The van der Waals surface area contributed by atoms with E-state index in [0.717, 1.165) is 12.1 Å². The van der Waals surface area contributed by atoms with Crippen LogP contribution in [-0.4, -0.2) is 24.0 Å². The van der Waals surface area contributed by atoms with Crippen LogP contribution in [0.25, 0.3) is 0 Å². The van der Waals surface area contributed by atoms with E-state index in [0.29, 0.717) is 13.2 Å². The van der Waals surface area contributed by atoms with Crippen molar-refractivity contribution in [3.8, 4) is 0 Å². The van der Waals surface area contributed by atoms with E-state index in [-0.39, 0.29) is 11.8 Å². The van der Waals surface area contributed by atoms with Crippen LogP contribution >= 0.6 is 11.3 Å². The van der Waals surface area contributed by atoms with Gasteiger partial charge in [0.25, 0.3) is 0 Å². The van der Waals surface area contributed by atoms with Crippen LogP contribution in [0.4, 0.5) is 0 Å². The topological polar surface area (TPSA) is 72.0 Å². The van der Waals surface area contributed by atoms with Crippen LogP contribution in [0.5, 0.6) is 0 Å². The fourth-order valence-corrected chi connectivity index (χ4v) is 1.84. The third-order valence-corrected chi connectivity index (χ3v) is 3.21. The zero-order valence-corrected chi connectivity index (χ0v) is 9.93. The van der Waals surface area contributed by atoms with Crippen LogP contribution < -0.4 is 5.73 Å². The van der Waals surface area contributed by atoms with Gasteiger partial charge in [-0.15, -0.1) is 11.3 Å². The first-order valence-electron chi connectivity index (χ1n) is 4.92. The second-order valence-corrected chi connectivity index (χ2v) is 4.48. The van der Waals surface area contributed by atoms with Crippen molar-refractivity contribution in [3.63, 3.8) is 0 Å². The fourth-order valence-electron chi connectivity index (χ4n) is 1.08. The number of ether oxygens (including phenoxy) is 1. The third kappa shape index (κ3) is 3.97. The molecule has 0 saturated carbocycles. The molecule has 0 radical (unpaired) electrons. The second-order valence-electron chi connectivity index (χ2n) is 3.54. The van der Waals surface area contributed by atoms with E-state index in [1.807, 2.05) is 19.4 Å². The van der Waals surface area contributed by atoms with Gasteiger partial charge >= 0.3 is 0 Å². The van der Waals surface area contributed by atoms with Crippen molar-refractivity contribution in [2.75, 3.05) is 13.2 Å². The molecule has 0 amide bonds. The lowest BCUT2D eigenvalue weighted by molar-refractivity contribution is 0.124. The van der Waals surface area contributed by atoms with Crippen LogP contribution in [0.2, 0.25) is 0 Å². The minimum atomic E-state index is 0.00700. The highest BCUT2D eigenvalue weighted by Gasteiger charge is 2.05. The van der Waals surface area contributed by atoms with Crippen molar-refractivity contribution < 1.29 is 4.74 Å². The molecule has 15 heavy (non-hydrogen) atoms. The molecule has 1 unspecified atom stereocenters. The van der Waals surface area contributed by atoms with Gasteiger partial charge in [0.05, 0.1) is 30.3 Å². The first kappa shape index (κ1) is 12.1. The van der Waals surface area contributed by atoms with Crippen LogP contribution in [0.3, 0.4) is 0 Å². The maximum atomic E-state index is 7.20. The lowest BCUT2D eigenvalue weighted by Gasteiger charge is -2.09. The van der Waals surface area contributed by atoms with Gasteiger partial charge in [-0.25, -0.2) is 4.98 Å². The quantitative estimate of drug-likeness (QED) is 0.440. The predicted octanol–water partition coefficient (Wildman–Crippen LogP) is 1.58. The Balaban J connectivity index is 2.17. The number of nitrogens with zero attached hydrogens (tertiary/aromatic N) is 1. The van der Waals surface area contributed by atoms with Crippen molar-refractivity contribution in [3.05, 3.63) is 16.1 Å². The van der Waals surface area contributed by atoms with Gasteiger partial charge in [0.15, 0.2) is 0 Å². The molecule has 0 bridgehead atoms. The molecule has 1 aromatic heterocycles. The largest absolute Gasteiger partial charge is 0.387 e. The Morgan fingerprint density at radius 2 is 2.47 bits per heavy atom. The summed E-state index contributed by atoms with van der Waals surface area (Å²) in [6, 6.07) is 0. The minimum Gasteiger partial charge on any atom is -0.387 e. The van der Waals surface area contributed by atoms with Gasteiger partial charge < -0.3 is 10.5 Å². The van der Waals surface area contributed by atoms with Crippen LogP contribution in [0, 0.1) is 18.3 Å². The molecular formula is C10H17N3OS. The Kier molecular flexibility index (Phi) is 4.71. The Morgan fingerprint density at radius 3 is 3.00 bits per heavy atom. The number of aromatic nitrogens is 1. The summed E-state index contributed by atoms with van der Waals surface area (Å²) in [5.74, 6) is 0.191. The third-order valence-electron chi connectivity index (χ3n) is 2.22. The lowest BCUT2D eigenvalue weighted by Crippen LogP contribution is -2.24. The molecule has 1 heterocycles. The molecule has 1 rings (SSSR count). The average Bonchev–Trinajstić information content (AvgIpc) is 2.58. The molecule has 0 aliphatic heterocycles. The summed E-state index contributed by atoms with van der Waals surface area (Å²) in [6.45, 7) is 5.08. The van der Waals surface area contributed by atoms with Crippen molar-refractivity contribution in [2.45, 2.75) is 20.3 Å². The average molecular weight is 227 g/mol. The highest BCUT2D eigenvalue weighted by molar-refractivity contribution is 7.09. The molecule has 0 aliphatic carbocycles. The number of nitrogens with two attached hydrogens (primary N) is 1. The summed E-state index contributed by atoms with van der Waals surface area (Å²) in [5.41, 5.74) is 8.27. The van der Waals surface area contributed by atoms with Gasteiger partial charge in [0.2, 0.25) is 0 Å². The van der Waals surface area contributed by atoms with Crippen LogP contribution in [-0.2, 0) is 11.2 Å². The van der Waals surface area contributed by atoms with E-state index in [4.69, 9.17) is 15.9 Å². The monoisotopic (exact) mass is 227 g/mol. The molecule has 84 valence electrons. The summed E-state index contributed by atoms with van der Waals surface area (Å²) in [4.78, 5) is 5.44. The first-order valence-corrected chi connectivity index (χ1v) is 5.80. The second kappa shape index (κ2) is 5.82. The molecule has 1 atom stereocenters. The van der Waals surface area contributed by atoms with Gasteiger partial charge in [-0.3, -0.25) is 5.41 Å². The lowest BCUT2D eigenvalue weighted by atomic mass is 10.2. The molecule has 0 aliphatic rings. The van der Waals surface area contributed by atoms with E-state index < -0.39 is 0 Å². The first-order chi connectivity index (χ1) is 7.11. The van der Waals surface area contributed by atoms with E-state index in [1.54, 1.807) is 11.3 Å². The molecular weight excluding hydrogens is 210 g/mol. The number of nitrogens with one attached hydrogen (secondary N) is 1. The molecule has 4 nitrogen and oxygen atoms in total. The van der Waals surface area contributed by atoms with Gasteiger partial charge in [-0.1, -0.05) is 6.92 Å². The molecule has 0 aromatic carbocycles. The minimum absolute atomic E-state index is 0.00700. The SMILES string of the molecule is Cc1ncsc1CCOCC(C)C(=N)N. The van der Waals surface area contributed by atoms with E-state index in [1.165, 1.54) is 4.88 Å². The number of amidine groups is 1. The molecule has 0 saturated heterocycles. The van der Waals surface area contributed by atoms with Crippen molar-refractivity contribution >= 4 is 17.2 Å². The normalized spacial score (nSPS) is 12.7. The van der Waals surface area contributed by atoms with Crippen LogP contribution in [0.15, 0.2) is 5.51 Å². The van der Waals surface area contributed by atoms with Crippen molar-refractivity contribution in [1.82, 2.24) is 4.98 Å². The molecule has 1 aromatic rings. The number of thiazole rings is 1. The summed E-state index contributed by atoms with van der Waals surface area (Å²) >= 11 is 1.66. The molecule has 3 N–H and O–H groups in total. The van der Waals surface area contributed by atoms with E-state index in [9.17, 15) is 0 Å². The van der Waals surface area contributed by atoms with Crippen LogP contribution in [0.1, 0.15) is 17.5 Å². The molecule has 0 fully saturated rings. The smallest absolute Gasteiger partial charge is 0.0957 e. The maximum absolute atomic E-state index is 7.20. The van der Waals surface area contributed by atoms with Crippen molar-refractivity contribution in [1.29, 1.82) is 5.41 Å². The standard InChI is InChI=1S/C10H17N3OS/c1-7(10(11)12)5-14-4-3-9-8(2)13-6-15-9/h6-7H,3-5H2,1-2H3,(H3,11,12). The summed E-state index contributed by atoms with van der Waals surface area (Å²) in [6.07, 6.45) is 0.890. The van der Waals surface area contributed by atoms with Gasteiger partial charge in [-0.2, -0.15) is 0 Å². The number of hydrogen-bond acceptors (Lipinski definition) is 4. The van der Waals surface area contributed by atoms with E-state index in [2.05, 4.69) is 4.98 Å². The Bertz CT molecular complexity index is 324. The van der Waals surface area contributed by atoms with Crippen molar-refractivity contribution in [2.24, 2.45) is 11.7 Å². The van der Waals surface area contributed by atoms with Gasteiger partial charge in [-0.05, 0) is 6.92 Å². The Hall–Kier alpha value is -0.940. The number of rotatable bonds is 6. The highest BCUT2D eigenvalue weighted by Crippen LogP contribution is 2.12. The fraction of sp³-hybridized carbons (Fsp3) is 0.600. The number of aryl methyl sites for hydroxylation is 1. The summed E-state index contributed by atoms with van der Waals surface area (Å²) in [5, 5.41) is 7.20. The van der Waals surface area contributed by atoms with E-state index >= 15 is 0 Å². The number of hydrogen-bond donors (Lipinski definition) is 2. The zero-order valence-electron chi connectivity index (χ0n) is 9.12.